The first-order valence-corrected chi connectivity index (χ1v) is 15.8. The highest BCUT2D eigenvalue weighted by Crippen LogP contribution is 2.72. The maximum absolute atomic E-state index is 14.0. The molecule has 3 aliphatic carbocycles. The smallest absolute Gasteiger partial charge is 0.338 e. The predicted molar refractivity (Wildman–Crippen MR) is 158 cm³/mol. The lowest BCUT2D eigenvalue weighted by atomic mass is 9.38. The molecule has 1 aromatic heterocycles. The van der Waals surface area contributed by atoms with E-state index in [1.54, 1.807) is 12.3 Å². The van der Waals surface area contributed by atoms with E-state index < -0.39 is 23.8 Å². The Bertz CT molecular complexity index is 1560. The van der Waals surface area contributed by atoms with E-state index in [-0.39, 0.29) is 29.4 Å². The standard InChI is InChI=1S/C29H30BrFN6O5S/c1-42-26(40)22-20(33-24(25-32-4-7-43-25)34-23(22)18-3-2-16(31)8-19(18)30)12-35-5-6-36-17(10-35)11-37(27(36)41)29-13-28(14-29,15-29)9-21(38)39/h2-4,7-8,17,23H,5-6,9-15H2,1H3,(H,33,34)(H,38,39). The van der Waals surface area contributed by atoms with Crippen LogP contribution in [0.1, 0.15) is 42.3 Å². The summed E-state index contributed by atoms with van der Waals surface area (Å²) < 4.78 is 19.7. The first-order chi connectivity index (χ1) is 20.6. The Hall–Kier alpha value is -3.36. The first kappa shape index (κ1) is 28.4. The van der Waals surface area contributed by atoms with Crippen LogP contribution in [-0.4, -0.2) is 100 Å². The number of aliphatic carboxylic acids is 1. The molecular formula is C29H30BrFN6O5S. The summed E-state index contributed by atoms with van der Waals surface area (Å²) in [6, 6.07) is 3.57. The van der Waals surface area contributed by atoms with Crippen LogP contribution >= 0.6 is 27.3 Å². The summed E-state index contributed by atoms with van der Waals surface area (Å²) in [6.07, 6.45) is 4.15. The van der Waals surface area contributed by atoms with Crippen molar-refractivity contribution in [2.24, 2.45) is 10.4 Å². The van der Waals surface area contributed by atoms with Crippen molar-refractivity contribution in [3.8, 4) is 0 Å². The summed E-state index contributed by atoms with van der Waals surface area (Å²) in [5.74, 6) is -1.21. The van der Waals surface area contributed by atoms with E-state index in [1.165, 1.54) is 30.6 Å². The summed E-state index contributed by atoms with van der Waals surface area (Å²) in [5, 5.41) is 15.1. The monoisotopic (exact) mass is 672 g/mol. The molecule has 2 unspecified atom stereocenters. The zero-order valence-electron chi connectivity index (χ0n) is 23.4. The molecule has 2 bridgehead atoms. The number of hydrogen-bond acceptors (Lipinski definition) is 9. The maximum Gasteiger partial charge on any atom is 0.338 e. The normalized spacial score (nSPS) is 29.8. The number of carboxylic acid groups (broad SMARTS) is 1. The van der Waals surface area contributed by atoms with Crippen molar-refractivity contribution >= 4 is 51.1 Å². The van der Waals surface area contributed by atoms with Crippen molar-refractivity contribution in [2.75, 3.05) is 39.8 Å². The van der Waals surface area contributed by atoms with Gasteiger partial charge in [-0.3, -0.25) is 14.7 Å². The van der Waals surface area contributed by atoms with E-state index in [4.69, 9.17) is 9.73 Å². The van der Waals surface area contributed by atoms with Crippen LogP contribution in [0.2, 0.25) is 0 Å². The topological polar surface area (TPSA) is 128 Å². The van der Waals surface area contributed by atoms with E-state index in [0.29, 0.717) is 64.9 Å². The third-order valence-electron chi connectivity index (χ3n) is 9.45. The summed E-state index contributed by atoms with van der Waals surface area (Å²) in [4.78, 5) is 53.4. The van der Waals surface area contributed by atoms with Crippen LogP contribution in [-0.2, 0) is 14.3 Å². The maximum atomic E-state index is 14.0. The molecule has 5 fully saturated rings. The molecule has 8 rings (SSSR count). The Morgan fingerprint density at radius 2 is 2.05 bits per heavy atom. The molecule has 0 spiro atoms. The molecular weight excluding hydrogens is 643 g/mol. The third-order valence-corrected chi connectivity index (χ3v) is 10.9. The number of ether oxygens (including phenoxy) is 1. The Labute approximate surface area is 259 Å². The van der Waals surface area contributed by atoms with Crippen molar-refractivity contribution in [3.05, 3.63) is 61.9 Å². The van der Waals surface area contributed by atoms with Crippen LogP contribution in [0, 0.1) is 11.2 Å². The molecule has 226 valence electrons. The summed E-state index contributed by atoms with van der Waals surface area (Å²) in [5.41, 5.74) is 1.24. The van der Waals surface area contributed by atoms with Gasteiger partial charge < -0.3 is 25.0 Å². The molecule has 11 nitrogen and oxygen atoms in total. The number of hydrogen-bond donors (Lipinski definition) is 2. The lowest BCUT2D eigenvalue weighted by molar-refractivity contribution is -0.208. The number of urea groups is 1. The second kappa shape index (κ2) is 10.4. The molecule has 2 saturated heterocycles. The van der Waals surface area contributed by atoms with Crippen molar-refractivity contribution in [1.29, 1.82) is 0 Å². The second-order valence-electron chi connectivity index (χ2n) is 12.2. The molecule has 2 aromatic rings. The number of nitrogens with one attached hydrogen (secondary N) is 1. The van der Waals surface area contributed by atoms with Gasteiger partial charge in [0, 0.05) is 60.0 Å². The van der Waals surface area contributed by atoms with Gasteiger partial charge in [0.1, 0.15) is 11.9 Å². The van der Waals surface area contributed by atoms with Gasteiger partial charge in [-0.2, -0.15) is 0 Å². The minimum atomic E-state index is -0.775. The van der Waals surface area contributed by atoms with Gasteiger partial charge in [-0.25, -0.2) is 19.0 Å². The zero-order chi connectivity index (χ0) is 30.1. The van der Waals surface area contributed by atoms with Crippen LogP contribution in [0.5, 0.6) is 0 Å². The minimum absolute atomic E-state index is 0.00870. The lowest BCUT2D eigenvalue weighted by Gasteiger charge is -2.73. The lowest BCUT2D eigenvalue weighted by Crippen LogP contribution is -2.75. The van der Waals surface area contributed by atoms with Gasteiger partial charge in [0.2, 0.25) is 0 Å². The van der Waals surface area contributed by atoms with Gasteiger partial charge in [-0.05, 0) is 42.4 Å². The Morgan fingerprint density at radius 3 is 2.72 bits per heavy atom. The number of nitrogens with zero attached hydrogens (tertiary/aromatic N) is 5. The molecule has 14 heteroatoms. The molecule has 1 aromatic carbocycles. The highest BCUT2D eigenvalue weighted by atomic mass is 79.9. The number of amides is 2. The van der Waals surface area contributed by atoms with Crippen molar-refractivity contribution in [1.82, 2.24) is 25.0 Å². The fraction of sp³-hybridized carbons (Fsp3) is 0.483. The van der Waals surface area contributed by atoms with Crippen molar-refractivity contribution in [3.63, 3.8) is 0 Å². The molecule has 43 heavy (non-hydrogen) atoms. The van der Waals surface area contributed by atoms with Gasteiger partial charge in [-0.15, -0.1) is 11.3 Å². The summed E-state index contributed by atoms with van der Waals surface area (Å²) >= 11 is 4.87. The molecule has 2 N–H and O–H groups in total. The fourth-order valence-electron chi connectivity index (χ4n) is 7.74. The molecule has 2 amide bonds. The van der Waals surface area contributed by atoms with Crippen LogP contribution in [0.25, 0.3) is 0 Å². The summed E-state index contributed by atoms with van der Waals surface area (Å²) in [7, 11) is 1.33. The Kier molecular flexibility index (Phi) is 6.86. The number of halogens is 2. The molecule has 2 atom stereocenters. The molecule has 3 aliphatic heterocycles. The predicted octanol–water partition coefficient (Wildman–Crippen LogP) is 3.38. The van der Waals surface area contributed by atoms with E-state index in [1.807, 2.05) is 15.2 Å². The number of thiazole rings is 1. The van der Waals surface area contributed by atoms with Gasteiger partial charge >= 0.3 is 18.0 Å². The van der Waals surface area contributed by atoms with Crippen molar-refractivity contribution in [2.45, 2.75) is 43.3 Å². The number of carboxylic acids is 1. The average Bonchev–Trinajstić information content (AvgIpc) is 3.58. The number of esters is 1. The molecule has 0 radical (unpaired) electrons. The highest BCUT2D eigenvalue weighted by Gasteiger charge is 2.72. The van der Waals surface area contributed by atoms with Crippen molar-refractivity contribution < 1.29 is 28.6 Å². The second-order valence-corrected chi connectivity index (χ2v) is 13.9. The quantitative estimate of drug-likeness (QED) is 0.409. The van der Waals surface area contributed by atoms with Gasteiger partial charge in [0.05, 0.1) is 25.1 Å². The third kappa shape index (κ3) is 4.74. The largest absolute Gasteiger partial charge is 0.481 e. The van der Waals surface area contributed by atoms with Gasteiger partial charge in [0.25, 0.3) is 0 Å². The van der Waals surface area contributed by atoms with Gasteiger partial charge in [0.15, 0.2) is 10.8 Å². The number of fused-ring (bicyclic) bond motifs is 1. The number of piperazine rings is 1. The average molecular weight is 674 g/mol. The number of carbonyl (C=O) groups excluding carboxylic acids is 2. The zero-order valence-corrected chi connectivity index (χ0v) is 25.8. The number of rotatable bonds is 8. The Balaban J connectivity index is 1.14. The number of aliphatic imine (C=N–C) groups is 1. The number of amidine groups is 1. The number of aromatic nitrogens is 1. The van der Waals surface area contributed by atoms with Gasteiger partial charge in [-0.1, -0.05) is 22.0 Å². The van der Waals surface area contributed by atoms with E-state index in [0.717, 1.165) is 19.3 Å². The van der Waals surface area contributed by atoms with Crippen LogP contribution in [0.4, 0.5) is 9.18 Å². The molecule has 4 heterocycles. The number of carbonyl (C=O) groups is 3. The van der Waals surface area contributed by atoms with Crippen LogP contribution in [0.15, 0.2) is 50.5 Å². The molecule has 6 aliphatic rings. The van der Waals surface area contributed by atoms with Crippen LogP contribution in [0.3, 0.4) is 0 Å². The van der Waals surface area contributed by atoms with E-state index in [2.05, 4.69) is 31.1 Å². The SMILES string of the molecule is COC(=O)C1=C(CN2CCN3C(=O)N(C45CC(CC(=O)O)(C4)C5)CC3C2)NC(c2nccs2)=NC1c1ccc(F)cc1Br. The first-order valence-electron chi connectivity index (χ1n) is 14.1. The number of methoxy groups -OCH3 is 1. The Morgan fingerprint density at radius 1 is 1.26 bits per heavy atom. The fourth-order valence-corrected chi connectivity index (χ4v) is 8.89. The number of benzene rings is 1. The van der Waals surface area contributed by atoms with E-state index in [9.17, 15) is 23.9 Å². The van der Waals surface area contributed by atoms with E-state index >= 15 is 0 Å². The molecule has 3 saturated carbocycles. The highest BCUT2D eigenvalue weighted by molar-refractivity contribution is 9.10. The van der Waals surface area contributed by atoms with Crippen LogP contribution < -0.4 is 5.32 Å². The summed E-state index contributed by atoms with van der Waals surface area (Å²) in [6.45, 7) is 2.77. The minimum Gasteiger partial charge on any atom is -0.481 e.